The molecule has 1 rings (SSSR count). The van der Waals surface area contributed by atoms with E-state index in [0.29, 0.717) is 25.6 Å². The highest BCUT2D eigenvalue weighted by molar-refractivity contribution is 5.77. The summed E-state index contributed by atoms with van der Waals surface area (Å²) in [5, 5.41) is 0. The van der Waals surface area contributed by atoms with E-state index in [1.54, 1.807) is 0 Å². The second kappa shape index (κ2) is 4.78. The lowest BCUT2D eigenvalue weighted by Crippen LogP contribution is -2.52. The lowest BCUT2D eigenvalue weighted by atomic mass is 10.1. The van der Waals surface area contributed by atoms with E-state index in [2.05, 4.69) is 13.8 Å². The van der Waals surface area contributed by atoms with E-state index < -0.39 is 0 Å². The van der Waals surface area contributed by atoms with Crippen LogP contribution in [0.15, 0.2) is 0 Å². The number of morpholine rings is 1. The van der Waals surface area contributed by atoms with Gasteiger partial charge in [0.05, 0.1) is 25.3 Å². The van der Waals surface area contributed by atoms with Gasteiger partial charge in [0.2, 0.25) is 5.91 Å². The Morgan fingerprint density at radius 1 is 1.36 bits per heavy atom. The lowest BCUT2D eigenvalue weighted by Gasteiger charge is -2.39. The molecule has 0 bridgehead atoms. The first-order chi connectivity index (χ1) is 6.52. The standard InChI is InChI=1S/C11H21NO2/c1-8(2)5-11(13)12-9(3)6-14-7-10(12)4/h8-10H,5-7H2,1-4H3/t9-,10-/m1/s1. The highest BCUT2D eigenvalue weighted by atomic mass is 16.5. The molecule has 0 saturated carbocycles. The number of hydrogen-bond acceptors (Lipinski definition) is 2. The quantitative estimate of drug-likeness (QED) is 0.677. The predicted octanol–water partition coefficient (Wildman–Crippen LogP) is 1.67. The average Bonchev–Trinajstić information content (AvgIpc) is 2.01. The maximum Gasteiger partial charge on any atom is 0.223 e. The van der Waals surface area contributed by atoms with Gasteiger partial charge in [0.25, 0.3) is 0 Å². The monoisotopic (exact) mass is 199 g/mol. The fraction of sp³-hybridized carbons (Fsp3) is 0.909. The van der Waals surface area contributed by atoms with Crippen molar-refractivity contribution in [2.24, 2.45) is 5.92 Å². The van der Waals surface area contributed by atoms with E-state index >= 15 is 0 Å². The molecule has 0 radical (unpaired) electrons. The van der Waals surface area contributed by atoms with Gasteiger partial charge in [-0.2, -0.15) is 0 Å². The van der Waals surface area contributed by atoms with E-state index in [0.717, 1.165) is 0 Å². The molecule has 0 aromatic carbocycles. The number of hydrogen-bond donors (Lipinski definition) is 0. The number of nitrogens with zero attached hydrogens (tertiary/aromatic N) is 1. The molecule has 0 aromatic rings. The van der Waals surface area contributed by atoms with Crippen molar-refractivity contribution >= 4 is 5.91 Å². The summed E-state index contributed by atoms with van der Waals surface area (Å²) in [7, 11) is 0. The SMILES string of the molecule is CC(C)CC(=O)N1[C@H](C)COC[C@H]1C. The van der Waals surface area contributed by atoms with E-state index in [1.807, 2.05) is 18.7 Å². The fourth-order valence-corrected chi connectivity index (χ4v) is 1.95. The van der Waals surface area contributed by atoms with Crippen LogP contribution in [0, 0.1) is 5.92 Å². The Labute approximate surface area is 86.4 Å². The summed E-state index contributed by atoms with van der Waals surface area (Å²) in [6.45, 7) is 9.60. The Kier molecular flexibility index (Phi) is 3.93. The normalized spacial score (nSPS) is 28.2. The summed E-state index contributed by atoms with van der Waals surface area (Å²) in [5.41, 5.74) is 0. The van der Waals surface area contributed by atoms with E-state index in [-0.39, 0.29) is 18.0 Å². The zero-order valence-corrected chi connectivity index (χ0v) is 9.62. The maximum atomic E-state index is 11.9. The first kappa shape index (κ1) is 11.5. The molecule has 0 unspecified atom stereocenters. The second-order valence-electron chi connectivity index (χ2n) is 4.63. The Hall–Kier alpha value is -0.570. The minimum absolute atomic E-state index is 0.227. The molecule has 1 aliphatic heterocycles. The largest absolute Gasteiger partial charge is 0.377 e. The lowest BCUT2D eigenvalue weighted by molar-refractivity contribution is -0.144. The summed E-state index contributed by atoms with van der Waals surface area (Å²) in [6, 6.07) is 0.454. The van der Waals surface area contributed by atoms with E-state index in [1.165, 1.54) is 0 Å². The van der Waals surface area contributed by atoms with Gasteiger partial charge in [-0.05, 0) is 19.8 Å². The van der Waals surface area contributed by atoms with Crippen molar-refractivity contribution < 1.29 is 9.53 Å². The number of amides is 1. The molecule has 1 saturated heterocycles. The van der Waals surface area contributed by atoms with Gasteiger partial charge in [0.1, 0.15) is 0 Å². The van der Waals surface area contributed by atoms with Crippen LogP contribution in [0.2, 0.25) is 0 Å². The molecular formula is C11H21NO2. The van der Waals surface area contributed by atoms with Crippen LogP contribution >= 0.6 is 0 Å². The van der Waals surface area contributed by atoms with Gasteiger partial charge >= 0.3 is 0 Å². The third-order valence-electron chi connectivity index (χ3n) is 2.54. The van der Waals surface area contributed by atoms with Crippen LogP contribution in [-0.2, 0) is 9.53 Å². The van der Waals surface area contributed by atoms with Crippen molar-refractivity contribution in [3.05, 3.63) is 0 Å². The van der Waals surface area contributed by atoms with Crippen LogP contribution in [0.1, 0.15) is 34.1 Å². The van der Waals surface area contributed by atoms with Gasteiger partial charge in [-0.1, -0.05) is 13.8 Å². The number of carbonyl (C=O) groups excluding carboxylic acids is 1. The van der Waals surface area contributed by atoms with Crippen LogP contribution < -0.4 is 0 Å². The zero-order chi connectivity index (χ0) is 10.7. The van der Waals surface area contributed by atoms with Crippen molar-refractivity contribution in [1.29, 1.82) is 0 Å². The van der Waals surface area contributed by atoms with Crippen LogP contribution in [0.5, 0.6) is 0 Å². The molecule has 1 heterocycles. The van der Waals surface area contributed by atoms with Gasteiger partial charge in [0, 0.05) is 6.42 Å². The van der Waals surface area contributed by atoms with Crippen molar-refractivity contribution in [3.8, 4) is 0 Å². The molecule has 0 aromatic heterocycles. The van der Waals surface area contributed by atoms with Crippen molar-refractivity contribution in [3.63, 3.8) is 0 Å². The van der Waals surface area contributed by atoms with Gasteiger partial charge in [-0.3, -0.25) is 4.79 Å². The van der Waals surface area contributed by atoms with Crippen molar-refractivity contribution in [1.82, 2.24) is 4.90 Å². The molecule has 1 fully saturated rings. The van der Waals surface area contributed by atoms with E-state index in [4.69, 9.17) is 4.74 Å². The summed E-state index contributed by atoms with van der Waals surface area (Å²) >= 11 is 0. The average molecular weight is 199 g/mol. The number of carbonyl (C=O) groups is 1. The Morgan fingerprint density at radius 2 is 1.86 bits per heavy atom. The third kappa shape index (κ3) is 2.71. The molecule has 0 spiro atoms. The number of rotatable bonds is 2. The summed E-state index contributed by atoms with van der Waals surface area (Å²) in [5.74, 6) is 0.702. The molecule has 3 heteroatoms. The Balaban J connectivity index is 2.58. The van der Waals surface area contributed by atoms with Crippen LogP contribution in [0.25, 0.3) is 0 Å². The first-order valence-corrected chi connectivity index (χ1v) is 5.41. The van der Waals surface area contributed by atoms with Gasteiger partial charge < -0.3 is 9.64 Å². The van der Waals surface area contributed by atoms with Gasteiger partial charge in [0.15, 0.2) is 0 Å². The molecule has 14 heavy (non-hydrogen) atoms. The smallest absolute Gasteiger partial charge is 0.223 e. The van der Waals surface area contributed by atoms with Gasteiger partial charge in [-0.25, -0.2) is 0 Å². The molecule has 1 amide bonds. The summed E-state index contributed by atoms with van der Waals surface area (Å²) in [6.07, 6.45) is 0.647. The Morgan fingerprint density at radius 3 is 2.29 bits per heavy atom. The summed E-state index contributed by atoms with van der Waals surface area (Å²) in [4.78, 5) is 13.9. The minimum atomic E-state index is 0.227. The topological polar surface area (TPSA) is 29.5 Å². The Bertz CT molecular complexity index is 193. The molecule has 2 atom stereocenters. The van der Waals surface area contributed by atoms with Crippen LogP contribution in [-0.4, -0.2) is 36.1 Å². The second-order valence-corrected chi connectivity index (χ2v) is 4.63. The van der Waals surface area contributed by atoms with Crippen molar-refractivity contribution in [2.75, 3.05) is 13.2 Å². The molecule has 82 valence electrons. The van der Waals surface area contributed by atoms with Crippen LogP contribution in [0.4, 0.5) is 0 Å². The van der Waals surface area contributed by atoms with Crippen molar-refractivity contribution in [2.45, 2.75) is 46.2 Å². The highest BCUT2D eigenvalue weighted by Crippen LogP contribution is 2.16. The zero-order valence-electron chi connectivity index (χ0n) is 9.62. The van der Waals surface area contributed by atoms with Crippen LogP contribution in [0.3, 0.4) is 0 Å². The predicted molar refractivity (Wildman–Crippen MR) is 56.0 cm³/mol. The maximum absolute atomic E-state index is 11.9. The summed E-state index contributed by atoms with van der Waals surface area (Å²) < 4.78 is 5.39. The minimum Gasteiger partial charge on any atom is -0.377 e. The molecule has 0 aliphatic carbocycles. The first-order valence-electron chi connectivity index (χ1n) is 5.41. The molecule has 1 aliphatic rings. The fourth-order valence-electron chi connectivity index (χ4n) is 1.95. The molecule has 0 N–H and O–H groups in total. The van der Waals surface area contributed by atoms with Gasteiger partial charge in [-0.15, -0.1) is 0 Å². The number of ether oxygens (including phenoxy) is 1. The molecular weight excluding hydrogens is 178 g/mol. The highest BCUT2D eigenvalue weighted by Gasteiger charge is 2.29. The molecule has 3 nitrogen and oxygen atoms in total. The third-order valence-corrected chi connectivity index (χ3v) is 2.54. The van der Waals surface area contributed by atoms with E-state index in [9.17, 15) is 4.79 Å².